The molecular formula is C27H32ClN7O3. The van der Waals surface area contributed by atoms with Crippen molar-refractivity contribution in [1.29, 1.82) is 0 Å². The molecule has 1 aliphatic heterocycles. The van der Waals surface area contributed by atoms with Crippen molar-refractivity contribution in [3.8, 4) is 11.3 Å². The largest absolute Gasteiger partial charge is 0.394 e. The number of benzene rings is 1. The van der Waals surface area contributed by atoms with Crippen LogP contribution in [-0.2, 0) is 11.3 Å². The number of aromatic nitrogens is 3. The summed E-state index contributed by atoms with van der Waals surface area (Å²) < 4.78 is 0. The van der Waals surface area contributed by atoms with Gasteiger partial charge in [0.25, 0.3) is 5.91 Å². The number of carbonyl (C=O) groups is 2. The average Bonchev–Trinajstić information content (AvgIpc) is 3.24. The van der Waals surface area contributed by atoms with Crippen molar-refractivity contribution in [3.05, 3.63) is 64.4 Å². The Morgan fingerprint density at radius 2 is 1.95 bits per heavy atom. The number of amides is 2. The fourth-order valence-corrected chi connectivity index (χ4v) is 4.37. The summed E-state index contributed by atoms with van der Waals surface area (Å²) in [7, 11) is 3.82. The highest BCUT2D eigenvalue weighted by atomic mass is 35.5. The van der Waals surface area contributed by atoms with Gasteiger partial charge in [-0.15, -0.1) is 0 Å². The van der Waals surface area contributed by atoms with Gasteiger partial charge in [-0.1, -0.05) is 29.8 Å². The predicted molar refractivity (Wildman–Crippen MR) is 147 cm³/mol. The van der Waals surface area contributed by atoms with Crippen LogP contribution in [0.3, 0.4) is 0 Å². The first-order valence-corrected chi connectivity index (χ1v) is 12.8. The first-order chi connectivity index (χ1) is 18.1. The topological polar surface area (TPSA) is 124 Å². The minimum absolute atomic E-state index is 0.0754. The highest BCUT2D eigenvalue weighted by Crippen LogP contribution is 2.32. The van der Waals surface area contributed by atoms with Crippen molar-refractivity contribution >= 4 is 35.2 Å². The molecule has 2 aromatic heterocycles. The quantitative estimate of drug-likeness (QED) is 0.380. The number of hydrogen-bond acceptors (Lipinski definition) is 8. The van der Waals surface area contributed by atoms with Gasteiger partial charge < -0.3 is 25.5 Å². The van der Waals surface area contributed by atoms with Gasteiger partial charge in [-0.2, -0.15) is 0 Å². The maximum atomic E-state index is 13.4. The number of anilines is 2. The van der Waals surface area contributed by atoms with Crippen LogP contribution in [0.4, 0.5) is 11.8 Å². The van der Waals surface area contributed by atoms with E-state index in [9.17, 15) is 14.7 Å². The molecule has 0 saturated carbocycles. The van der Waals surface area contributed by atoms with Crippen LogP contribution in [0.1, 0.15) is 48.4 Å². The maximum Gasteiger partial charge on any atom is 0.255 e. The standard InChI is InChI=1S/C27H32ClN7O3/c1-15(14-36)30-27-29-12-21(28)24(33-27)18-9-10-19-13-35(26(38)20(19)11-18)17(3)25(37)31-16(2)22-7-6-8-23(32-22)34(4)5/h6-12,15-17,36H,13-14H2,1-5H3,(H,31,37)(H,29,30,33)/t15-,16+,17+/m0/s1. The van der Waals surface area contributed by atoms with Crippen LogP contribution in [-0.4, -0.2) is 69.6 Å². The minimum atomic E-state index is -0.684. The molecule has 2 amide bonds. The Morgan fingerprint density at radius 1 is 1.18 bits per heavy atom. The first kappa shape index (κ1) is 27.3. The van der Waals surface area contributed by atoms with Crippen molar-refractivity contribution in [2.75, 3.05) is 30.9 Å². The van der Waals surface area contributed by atoms with E-state index in [4.69, 9.17) is 11.6 Å². The number of halogens is 1. The summed E-state index contributed by atoms with van der Waals surface area (Å²) in [5.41, 5.74) is 3.19. The highest BCUT2D eigenvalue weighted by Gasteiger charge is 2.34. The van der Waals surface area contributed by atoms with Gasteiger partial charge in [-0.3, -0.25) is 9.59 Å². The maximum absolute atomic E-state index is 13.4. The first-order valence-electron chi connectivity index (χ1n) is 12.4. The van der Waals surface area contributed by atoms with E-state index in [2.05, 4.69) is 25.6 Å². The molecule has 0 spiro atoms. The summed E-state index contributed by atoms with van der Waals surface area (Å²) in [5.74, 6) is 0.627. The summed E-state index contributed by atoms with van der Waals surface area (Å²) in [4.78, 5) is 43.2. The van der Waals surface area contributed by atoms with Crippen molar-refractivity contribution in [1.82, 2.24) is 25.2 Å². The highest BCUT2D eigenvalue weighted by molar-refractivity contribution is 6.33. The number of hydrogen-bond donors (Lipinski definition) is 3. The van der Waals surface area contributed by atoms with Crippen LogP contribution in [0, 0.1) is 0 Å². The molecule has 0 unspecified atom stereocenters. The Balaban J connectivity index is 1.49. The average molecular weight is 538 g/mol. The van der Waals surface area contributed by atoms with Crippen molar-refractivity contribution < 1.29 is 14.7 Å². The van der Waals surface area contributed by atoms with Crippen LogP contribution in [0.2, 0.25) is 5.02 Å². The lowest BCUT2D eigenvalue weighted by atomic mass is 10.0. The van der Waals surface area contributed by atoms with Crippen molar-refractivity contribution in [3.63, 3.8) is 0 Å². The number of aliphatic hydroxyl groups is 1. The van der Waals surface area contributed by atoms with E-state index in [0.717, 1.165) is 17.1 Å². The van der Waals surface area contributed by atoms with E-state index in [1.54, 1.807) is 24.8 Å². The van der Waals surface area contributed by atoms with Crippen LogP contribution < -0.4 is 15.5 Å². The second-order valence-corrected chi connectivity index (χ2v) is 10.1. The lowest BCUT2D eigenvalue weighted by molar-refractivity contribution is -0.125. The normalized spacial score (nSPS) is 15.0. The number of carbonyl (C=O) groups excluding carboxylic acids is 2. The van der Waals surface area contributed by atoms with Crippen molar-refractivity contribution in [2.24, 2.45) is 0 Å². The third-order valence-electron chi connectivity index (χ3n) is 6.47. The summed E-state index contributed by atoms with van der Waals surface area (Å²) in [5, 5.41) is 15.6. The van der Waals surface area contributed by atoms with E-state index in [0.29, 0.717) is 34.3 Å². The molecule has 1 aliphatic rings. The number of aliphatic hydroxyl groups excluding tert-OH is 1. The summed E-state index contributed by atoms with van der Waals surface area (Å²) in [6, 6.07) is 9.87. The molecule has 11 heteroatoms. The molecule has 0 saturated heterocycles. The van der Waals surface area contributed by atoms with Gasteiger partial charge >= 0.3 is 0 Å². The third-order valence-corrected chi connectivity index (χ3v) is 6.75. The lowest BCUT2D eigenvalue weighted by Gasteiger charge is -2.25. The zero-order chi connectivity index (χ0) is 27.6. The number of nitrogens with one attached hydrogen (secondary N) is 2. The predicted octanol–water partition coefficient (Wildman–Crippen LogP) is 3.27. The van der Waals surface area contributed by atoms with Crippen molar-refractivity contribution in [2.45, 2.75) is 45.4 Å². The molecule has 0 fully saturated rings. The smallest absolute Gasteiger partial charge is 0.255 e. The summed E-state index contributed by atoms with van der Waals surface area (Å²) in [6.45, 7) is 5.64. The van der Waals surface area contributed by atoms with E-state index in [-0.39, 0.29) is 30.5 Å². The zero-order valence-corrected chi connectivity index (χ0v) is 22.8. The fourth-order valence-electron chi connectivity index (χ4n) is 4.17. The minimum Gasteiger partial charge on any atom is -0.394 e. The SMILES string of the molecule is C[C@H](C(=O)N[C@H](C)c1cccc(N(C)C)n1)N1Cc2ccc(-c3nc(N[C@@H](C)CO)ncc3Cl)cc2C1=O. The van der Waals surface area contributed by atoms with E-state index in [1.807, 2.05) is 56.3 Å². The Bertz CT molecular complexity index is 1350. The van der Waals surface area contributed by atoms with E-state index < -0.39 is 6.04 Å². The fraction of sp³-hybridized carbons (Fsp3) is 0.370. The third kappa shape index (κ3) is 5.71. The molecule has 1 aromatic carbocycles. The van der Waals surface area contributed by atoms with Crippen LogP contribution in [0.25, 0.3) is 11.3 Å². The van der Waals surface area contributed by atoms with Crippen LogP contribution >= 0.6 is 11.6 Å². The van der Waals surface area contributed by atoms with Gasteiger partial charge in [-0.25, -0.2) is 15.0 Å². The summed E-state index contributed by atoms with van der Waals surface area (Å²) in [6.07, 6.45) is 1.48. The van der Waals surface area contributed by atoms with Crippen LogP contribution in [0.5, 0.6) is 0 Å². The molecule has 0 aliphatic carbocycles. The number of fused-ring (bicyclic) bond motifs is 1. The molecule has 200 valence electrons. The van der Waals surface area contributed by atoms with Gasteiger partial charge in [0, 0.05) is 37.8 Å². The Morgan fingerprint density at radius 3 is 2.66 bits per heavy atom. The zero-order valence-electron chi connectivity index (χ0n) is 22.1. The molecule has 4 rings (SSSR count). The lowest BCUT2D eigenvalue weighted by Crippen LogP contribution is -2.46. The Labute approximate surface area is 227 Å². The number of pyridine rings is 1. The number of nitrogens with zero attached hydrogens (tertiary/aromatic N) is 5. The van der Waals surface area contributed by atoms with E-state index in [1.165, 1.54) is 6.20 Å². The van der Waals surface area contributed by atoms with Gasteiger partial charge in [-0.05, 0) is 44.5 Å². The Kier molecular flexibility index (Phi) is 8.13. The number of rotatable bonds is 9. The molecule has 0 radical (unpaired) electrons. The molecule has 38 heavy (non-hydrogen) atoms. The second-order valence-electron chi connectivity index (χ2n) is 9.64. The molecule has 3 atom stereocenters. The van der Waals surface area contributed by atoms with Crippen LogP contribution in [0.15, 0.2) is 42.6 Å². The van der Waals surface area contributed by atoms with Gasteiger partial charge in [0.2, 0.25) is 11.9 Å². The monoisotopic (exact) mass is 537 g/mol. The Hall–Kier alpha value is -3.76. The molecule has 3 aromatic rings. The molecule has 0 bridgehead atoms. The second kappa shape index (κ2) is 11.3. The molecule has 10 nitrogen and oxygen atoms in total. The van der Waals surface area contributed by atoms with Gasteiger partial charge in [0.05, 0.1) is 35.3 Å². The van der Waals surface area contributed by atoms with E-state index >= 15 is 0 Å². The van der Waals surface area contributed by atoms with Gasteiger partial charge in [0.1, 0.15) is 11.9 Å². The molecule has 3 heterocycles. The summed E-state index contributed by atoms with van der Waals surface area (Å²) >= 11 is 6.38. The molecule has 3 N–H and O–H groups in total. The van der Waals surface area contributed by atoms with Gasteiger partial charge in [0.15, 0.2) is 0 Å². The molecular weight excluding hydrogens is 506 g/mol.